The molecule has 0 saturated carbocycles. The van der Waals surface area contributed by atoms with Crippen molar-refractivity contribution in [2.45, 2.75) is 13.0 Å². The van der Waals surface area contributed by atoms with E-state index in [9.17, 15) is 4.79 Å². The van der Waals surface area contributed by atoms with E-state index >= 15 is 0 Å². The Labute approximate surface area is 127 Å². The van der Waals surface area contributed by atoms with Gasteiger partial charge in [0.15, 0.2) is 0 Å². The van der Waals surface area contributed by atoms with Crippen LogP contribution in [-0.2, 0) is 0 Å². The second-order valence-electron chi connectivity index (χ2n) is 4.48. The molecule has 0 spiro atoms. The minimum Gasteiger partial charge on any atom is -0.497 e. The summed E-state index contributed by atoms with van der Waals surface area (Å²) in [7, 11) is 1.58. The zero-order valence-corrected chi connectivity index (χ0v) is 13.0. The predicted molar refractivity (Wildman–Crippen MR) is 83.0 cm³/mol. The van der Waals surface area contributed by atoms with Crippen molar-refractivity contribution in [2.75, 3.05) is 7.11 Å². The Morgan fingerprint density at radius 3 is 2.65 bits per heavy atom. The van der Waals surface area contributed by atoms with Crippen LogP contribution in [0.2, 0.25) is 0 Å². The summed E-state index contributed by atoms with van der Waals surface area (Å²) in [4.78, 5) is 12.2. The van der Waals surface area contributed by atoms with Gasteiger partial charge in [0, 0.05) is 10.0 Å². The highest BCUT2D eigenvalue weighted by Gasteiger charge is 2.12. The Bertz CT molecular complexity index is 613. The van der Waals surface area contributed by atoms with Crippen molar-refractivity contribution in [2.24, 2.45) is 0 Å². The maximum absolute atomic E-state index is 12.2. The molecule has 0 aromatic heterocycles. The second kappa shape index (κ2) is 6.57. The molecule has 2 aromatic rings. The fourth-order valence-corrected chi connectivity index (χ4v) is 2.32. The van der Waals surface area contributed by atoms with Crippen LogP contribution in [0.4, 0.5) is 0 Å². The molecule has 0 aliphatic carbocycles. The molecule has 2 aromatic carbocycles. The van der Waals surface area contributed by atoms with Gasteiger partial charge < -0.3 is 10.1 Å². The predicted octanol–water partition coefficient (Wildman–Crippen LogP) is 3.95. The number of benzene rings is 2. The van der Waals surface area contributed by atoms with Crippen LogP contribution in [0, 0.1) is 0 Å². The zero-order chi connectivity index (χ0) is 14.5. The van der Waals surface area contributed by atoms with Gasteiger partial charge in [0.1, 0.15) is 5.75 Å². The Hall–Kier alpha value is -1.81. The lowest BCUT2D eigenvalue weighted by Crippen LogP contribution is -2.26. The van der Waals surface area contributed by atoms with Gasteiger partial charge in [-0.3, -0.25) is 4.79 Å². The average molecular weight is 334 g/mol. The number of nitrogens with one attached hydrogen (secondary N) is 1. The molecular formula is C16H16BrNO2. The average Bonchev–Trinajstić information content (AvgIpc) is 2.47. The molecule has 104 valence electrons. The first-order valence-electron chi connectivity index (χ1n) is 6.30. The van der Waals surface area contributed by atoms with Crippen LogP contribution in [0.5, 0.6) is 5.75 Å². The summed E-state index contributed by atoms with van der Waals surface area (Å²) in [5.41, 5.74) is 1.64. The van der Waals surface area contributed by atoms with Crippen LogP contribution < -0.4 is 10.1 Å². The fourth-order valence-electron chi connectivity index (χ4n) is 1.90. The fraction of sp³-hybridized carbons (Fsp3) is 0.188. The molecule has 1 atom stereocenters. The van der Waals surface area contributed by atoms with Gasteiger partial charge in [-0.2, -0.15) is 0 Å². The molecule has 3 nitrogen and oxygen atoms in total. The molecule has 0 bridgehead atoms. The van der Waals surface area contributed by atoms with E-state index in [1.54, 1.807) is 25.3 Å². The van der Waals surface area contributed by atoms with E-state index in [2.05, 4.69) is 21.2 Å². The third kappa shape index (κ3) is 3.61. The molecule has 2 rings (SSSR count). The highest BCUT2D eigenvalue weighted by molar-refractivity contribution is 9.10. The van der Waals surface area contributed by atoms with Crippen molar-refractivity contribution >= 4 is 21.8 Å². The molecular weight excluding hydrogens is 318 g/mol. The van der Waals surface area contributed by atoms with Gasteiger partial charge in [0.05, 0.1) is 13.2 Å². The van der Waals surface area contributed by atoms with Gasteiger partial charge in [-0.1, -0.05) is 34.1 Å². The monoisotopic (exact) mass is 333 g/mol. The number of halogens is 1. The number of hydrogen-bond acceptors (Lipinski definition) is 2. The quantitative estimate of drug-likeness (QED) is 0.919. The minimum atomic E-state index is -0.114. The minimum absolute atomic E-state index is 0.0637. The molecule has 0 heterocycles. The summed E-state index contributed by atoms with van der Waals surface area (Å²) in [5.74, 6) is 0.559. The van der Waals surface area contributed by atoms with Gasteiger partial charge in [-0.25, -0.2) is 0 Å². The van der Waals surface area contributed by atoms with Crippen molar-refractivity contribution in [3.63, 3.8) is 0 Å². The number of methoxy groups -OCH3 is 1. The van der Waals surface area contributed by atoms with Crippen molar-refractivity contribution in [3.8, 4) is 5.75 Å². The number of ether oxygens (including phenoxy) is 1. The third-order valence-corrected chi connectivity index (χ3v) is 3.52. The van der Waals surface area contributed by atoms with E-state index in [4.69, 9.17) is 4.74 Å². The molecule has 0 aliphatic heterocycles. The number of rotatable bonds is 4. The maximum Gasteiger partial charge on any atom is 0.251 e. The van der Waals surface area contributed by atoms with Gasteiger partial charge in [0.2, 0.25) is 0 Å². The van der Waals surface area contributed by atoms with E-state index in [1.807, 2.05) is 37.3 Å². The van der Waals surface area contributed by atoms with E-state index in [0.717, 1.165) is 10.0 Å². The second-order valence-corrected chi connectivity index (χ2v) is 5.40. The molecule has 0 radical (unpaired) electrons. The molecule has 20 heavy (non-hydrogen) atoms. The van der Waals surface area contributed by atoms with Gasteiger partial charge in [0.25, 0.3) is 5.91 Å². The lowest BCUT2D eigenvalue weighted by molar-refractivity contribution is 0.0939. The van der Waals surface area contributed by atoms with Crippen LogP contribution >= 0.6 is 15.9 Å². The topological polar surface area (TPSA) is 38.3 Å². The third-order valence-electron chi connectivity index (χ3n) is 3.03. The first-order chi connectivity index (χ1) is 9.60. The number of carbonyl (C=O) groups excluding carboxylic acids is 1. The summed E-state index contributed by atoms with van der Waals surface area (Å²) in [6.07, 6.45) is 0. The lowest BCUT2D eigenvalue weighted by Gasteiger charge is -2.15. The molecule has 1 N–H and O–H groups in total. The zero-order valence-electron chi connectivity index (χ0n) is 11.4. The molecule has 4 heteroatoms. The number of amides is 1. The summed E-state index contributed by atoms with van der Waals surface area (Å²) in [5, 5.41) is 2.98. The normalized spacial score (nSPS) is 11.8. The molecule has 0 saturated heterocycles. The van der Waals surface area contributed by atoms with Crippen LogP contribution in [0.25, 0.3) is 0 Å². The Morgan fingerprint density at radius 2 is 1.95 bits per heavy atom. The summed E-state index contributed by atoms with van der Waals surface area (Å²) >= 11 is 3.43. The van der Waals surface area contributed by atoms with Crippen molar-refractivity contribution in [1.29, 1.82) is 0 Å². The Balaban J connectivity index is 2.10. The van der Waals surface area contributed by atoms with E-state index in [1.165, 1.54) is 0 Å². The molecule has 1 amide bonds. The highest BCUT2D eigenvalue weighted by atomic mass is 79.9. The summed E-state index contributed by atoms with van der Waals surface area (Å²) < 4.78 is 6.12. The maximum atomic E-state index is 12.2. The highest BCUT2D eigenvalue weighted by Crippen LogP contribution is 2.19. The van der Waals surface area contributed by atoms with Gasteiger partial charge in [-0.05, 0) is 42.8 Å². The van der Waals surface area contributed by atoms with Crippen LogP contribution in [0.15, 0.2) is 53.0 Å². The van der Waals surface area contributed by atoms with Crippen LogP contribution in [-0.4, -0.2) is 13.0 Å². The van der Waals surface area contributed by atoms with E-state index < -0.39 is 0 Å². The number of carbonyl (C=O) groups is 1. The molecule has 0 fully saturated rings. The van der Waals surface area contributed by atoms with Crippen LogP contribution in [0.3, 0.4) is 0 Å². The molecule has 1 unspecified atom stereocenters. The van der Waals surface area contributed by atoms with E-state index in [-0.39, 0.29) is 11.9 Å². The summed E-state index contributed by atoms with van der Waals surface area (Å²) in [6.45, 7) is 1.96. The Kier molecular flexibility index (Phi) is 4.79. The van der Waals surface area contributed by atoms with E-state index in [0.29, 0.717) is 11.3 Å². The SMILES string of the molecule is COc1cccc(C(=O)NC(C)c2cccc(Br)c2)c1. The van der Waals surface area contributed by atoms with Crippen molar-refractivity contribution in [3.05, 3.63) is 64.1 Å². The van der Waals surface area contributed by atoms with Crippen molar-refractivity contribution < 1.29 is 9.53 Å². The summed E-state index contributed by atoms with van der Waals surface area (Å²) in [6, 6.07) is 14.9. The van der Waals surface area contributed by atoms with Gasteiger partial charge >= 0.3 is 0 Å². The first kappa shape index (κ1) is 14.6. The number of hydrogen-bond donors (Lipinski definition) is 1. The molecule has 0 aliphatic rings. The standard InChI is InChI=1S/C16H16BrNO2/c1-11(12-5-3-7-14(17)9-12)18-16(19)13-6-4-8-15(10-13)20-2/h3-11H,1-2H3,(H,18,19). The first-order valence-corrected chi connectivity index (χ1v) is 7.10. The largest absolute Gasteiger partial charge is 0.497 e. The van der Waals surface area contributed by atoms with Gasteiger partial charge in [-0.15, -0.1) is 0 Å². The Morgan fingerprint density at radius 1 is 1.20 bits per heavy atom. The van der Waals surface area contributed by atoms with Crippen LogP contribution in [0.1, 0.15) is 28.9 Å². The lowest BCUT2D eigenvalue weighted by atomic mass is 10.1. The van der Waals surface area contributed by atoms with Crippen molar-refractivity contribution in [1.82, 2.24) is 5.32 Å². The smallest absolute Gasteiger partial charge is 0.251 e.